The minimum absolute atomic E-state index is 0.00103. The molecule has 4 nitrogen and oxygen atoms in total. The average Bonchev–Trinajstić information content (AvgIpc) is 2.77. The van der Waals surface area contributed by atoms with Gasteiger partial charge < -0.3 is 10.1 Å². The maximum Gasteiger partial charge on any atom is 0.262 e. The summed E-state index contributed by atoms with van der Waals surface area (Å²) >= 11 is 6.99. The highest BCUT2D eigenvalue weighted by atomic mass is 79.9. The zero-order chi connectivity index (χ0) is 22.2. The summed E-state index contributed by atoms with van der Waals surface area (Å²) < 4.78 is 7.58. The van der Waals surface area contributed by atoms with Crippen molar-refractivity contribution in [2.24, 2.45) is 0 Å². The number of ether oxygens (including phenoxy) is 1. The fourth-order valence-electron chi connectivity index (χ4n) is 2.86. The topological polar surface area (TPSA) is 62.1 Å². The Bertz CT molecular complexity index is 1130. The zero-order valence-corrected chi connectivity index (χ0v) is 20.0. The van der Waals surface area contributed by atoms with Crippen molar-refractivity contribution in [3.8, 4) is 11.8 Å². The Hall–Kier alpha value is -2.88. The summed E-state index contributed by atoms with van der Waals surface area (Å²) in [5, 5.41) is 12.4. The molecule has 0 unspecified atom stereocenters. The number of nitriles is 1. The van der Waals surface area contributed by atoms with E-state index in [1.807, 2.05) is 79.7 Å². The van der Waals surface area contributed by atoms with E-state index >= 15 is 0 Å². The van der Waals surface area contributed by atoms with E-state index in [9.17, 15) is 10.1 Å². The third-order valence-corrected chi connectivity index (χ3v) is 5.55. The van der Waals surface area contributed by atoms with Crippen molar-refractivity contribution < 1.29 is 9.53 Å². The summed E-state index contributed by atoms with van der Waals surface area (Å²) in [4.78, 5) is 12.6. The highest BCUT2D eigenvalue weighted by Crippen LogP contribution is 2.35. The van der Waals surface area contributed by atoms with Gasteiger partial charge >= 0.3 is 0 Å². The van der Waals surface area contributed by atoms with E-state index in [1.165, 1.54) is 5.56 Å². The zero-order valence-electron chi connectivity index (χ0n) is 16.9. The lowest BCUT2D eigenvalue weighted by Crippen LogP contribution is -2.23. The minimum Gasteiger partial charge on any atom is -0.487 e. The van der Waals surface area contributed by atoms with Crippen LogP contribution in [0.5, 0.6) is 5.75 Å². The molecule has 0 aliphatic carbocycles. The van der Waals surface area contributed by atoms with Gasteiger partial charge in [0.05, 0.1) is 4.47 Å². The molecule has 6 heteroatoms. The Morgan fingerprint density at radius 3 is 2.45 bits per heavy atom. The maximum atomic E-state index is 12.6. The maximum absolute atomic E-state index is 12.6. The fourth-order valence-corrected chi connectivity index (χ4v) is 4.23. The van der Waals surface area contributed by atoms with Crippen LogP contribution in [0.25, 0.3) is 6.08 Å². The van der Waals surface area contributed by atoms with E-state index in [1.54, 1.807) is 6.08 Å². The lowest BCUT2D eigenvalue weighted by atomic mass is 10.1. The molecular formula is C25H20Br2N2O2. The molecule has 0 bridgehead atoms. The van der Waals surface area contributed by atoms with Gasteiger partial charge in [0.1, 0.15) is 24.0 Å². The normalized spacial score (nSPS) is 11.0. The number of hydrogen-bond donors (Lipinski definition) is 1. The van der Waals surface area contributed by atoms with Crippen molar-refractivity contribution in [3.63, 3.8) is 0 Å². The number of nitrogens with one attached hydrogen (secondary N) is 1. The van der Waals surface area contributed by atoms with Gasteiger partial charge in [0, 0.05) is 16.6 Å². The summed E-state index contributed by atoms with van der Waals surface area (Å²) in [5.74, 6) is 0.124. The van der Waals surface area contributed by atoms with Gasteiger partial charge in [-0.25, -0.2) is 0 Å². The van der Waals surface area contributed by atoms with Crippen LogP contribution >= 0.6 is 31.9 Å². The number of benzene rings is 3. The number of halogens is 2. The Labute approximate surface area is 198 Å². The Balaban J connectivity index is 1.81. The molecule has 0 atom stereocenters. The highest BCUT2D eigenvalue weighted by molar-refractivity contribution is 9.11. The number of carbonyl (C=O) groups excluding carboxylic acids is 1. The molecular weight excluding hydrogens is 520 g/mol. The Kier molecular flexibility index (Phi) is 8.05. The quantitative estimate of drug-likeness (QED) is 0.282. The number of nitrogens with zero attached hydrogens (tertiary/aromatic N) is 1. The van der Waals surface area contributed by atoms with Crippen LogP contribution in [-0.4, -0.2) is 5.91 Å². The van der Waals surface area contributed by atoms with Gasteiger partial charge in [-0.15, -0.1) is 0 Å². The van der Waals surface area contributed by atoms with Crippen molar-refractivity contribution in [2.75, 3.05) is 0 Å². The van der Waals surface area contributed by atoms with Crippen LogP contribution in [0.2, 0.25) is 0 Å². The van der Waals surface area contributed by atoms with E-state index in [2.05, 4.69) is 37.2 Å². The second-order valence-corrected chi connectivity index (χ2v) is 8.69. The van der Waals surface area contributed by atoms with Gasteiger partial charge in [0.15, 0.2) is 0 Å². The predicted octanol–water partition coefficient (Wildman–Crippen LogP) is 6.32. The molecule has 0 saturated heterocycles. The summed E-state index contributed by atoms with van der Waals surface area (Å²) in [6.45, 7) is 2.74. The average molecular weight is 540 g/mol. The highest BCUT2D eigenvalue weighted by Gasteiger charge is 2.14. The number of aryl methyl sites for hydroxylation is 1. The number of hydrogen-bond acceptors (Lipinski definition) is 3. The third-order valence-electron chi connectivity index (χ3n) is 4.50. The molecule has 1 amide bonds. The standard InChI is InChI=1S/C25H20Br2N2O2/c1-17-7-9-19(10-8-17)16-31-24-20(12-22(26)13-23(24)27)11-21(14-28)25(30)29-15-18-5-3-2-4-6-18/h2-13H,15-16H2,1H3,(H,29,30)/b21-11+. The fraction of sp³-hybridized carbons (Fsp3) is 0.120. The van der Waals surface area contributed by atoms with Crippen molar-refractivity contribution in [1.82, 2.24) is 5.32 Å². The van der Waals surface area contributed by atoms with Crippen LogP contribution in [0.15, 0.2) is 81.2 Å². The molecule has 156 valence electrons. The molecule has 1 N–H and O–H groups in total. The van der Waals surface area contributed by atoms with E-state index in [4.69, 9.17) is 4.74 Å². The van der Waals surface area contributed by atoms with Gasteiger partial charge in [-0.3, -0.25) is 4.79 Å². The van der Waals surface area contributed by atoms with E-state index in [-0.39, 0.29) is 5.57 Å². The van der Waals surface area contributed by atoms with Crippen molar-refractivity contribution in [2.45, 2.75) is 20.1 Å². The number of carbonyl (C=O) groups is 1. The van der Waals surface area contributed by atoms with Crippen molar-refractivity contribution >= 4 is 43.8 Å². The monoisotopic (exact) mass is 538 g/mol. The second kappa shape index (κ2) is 10.9. The molecule has 0 aliphatic rings. The van der Waals surface area contributed by atoms with E-state index < -0.39 is 5.91 Å². The van der Waals surface area contributed by atoms with Gasteiger partial charge in [0.2, 0.25) is 0 Å². The first-order chi connectivity index (χ1) is 15.0. The molecule has 3 aromatic rings. The minimum atomic E-state index is -0.438. The first-order valence-electron chi connectivity index (χ1n) is 9.57. The summed E-state index contributed by atoms with van der Waals surface area (Å²) in [5.41, 5.74) is 3.79. The lowest BCUT2D eigenvalue weighted by molar-refractivity contribution is -0.117. The van der Waals surface area contributed by atoms with E-state index in [0.717, 1.165) is 20.1 Å². The summed E-state index contributed by atoms with van der Waals surface area (Å²) in [6.07, 6.45) is 1.54. The molecule has 3 aromatic carbocycles. The lowest BCUT2D eigenvalue weighted by Gasteiger charge is -2.13. The molecule has 0 aromatic heterocycles. The second-order valence-electron chi connectivity index (χ2n) is 6.92. The van der Waals surface area contributed by atoms with Crippen molar-refractivity contribution in [1.29, 1.82) is 5.26 Å². The van der Waals surface area contributed by atoms with Crippen LogP contribution in [-0.2, 0) is 17.9 Å². The van der Waals surface area contributed by atoms with Crippen LogP contribution in [0.4, 0.5) is 0 Å². The predicted molar refractivity (Wildman–Crippen MR) is 129 cm³/mol. The smallest absolute Gasteiger partial charge is 0.262 e. The molecule has 0 heterocycles. The SMILES string of the molecule is Cc1ccc(COc2c(Br)cc(Br)cc2/C=C(\C#N)C(=O)NCc2ccccc2)cc1. The summed E-state index contributed by atoms with van der Waals surface area (Å²) in [6, 6.07) is 23.3. The van der Waals surface area contributed by atoms with Crippen LogP contribution in [0.1, 0.15) is 22.3 Å². The number of rotatable bonds is 7. The molecule has 0 fully saturated rings. The molecule has 31 heavy (non-hydrogen) atoms. The third kappa shape index (κ3) is 6.55. The van der Waals surface area contributed by atoms with E-state index in [0.29, 0.717) is 24.5 Å². The Morgan fingerprint density at radius 2 is 1.77 bits per heavy atom. The van der Waals surface area contributed by atoms with Crippen molar-refractivity contribution in [3.05, 3.63) is 104 Å². The first kappa shape index (κ1) is 22.8. The van der Waals surface area contributed by atoms with Gasteiger partial charge in [-0.1, -0.05) is 76.1 Å². The molecule has 3 rings (SSSR count). The largest absolute Gasteiger partial charge is 0.487 e. The van der Waals surface area contributed by atoms with Crippen LogP contribution < -0.4 is 10.1 Å². The van der Waals surface area contributed by atoms with Crippen LogP contribution in [0.3, 0.4) is 0 Å². The van der Waals surface area contributed by atoms with Gasteiger partial charge in [0.25, 0.3) is 5.91 Å². The molecule has 0 spiro atoms. The van der Waals surface area contributed by atoms with Crippen LogP contribution in [0, 0.1) is 18.3 Å². The molecule has 0 radical (unpaired) electrons. The van der Waals surface area contributed by atoms with Gasteiger partial charge in [-0.05, 0) is 52.2 Å². The summed E-state index contributed by atoms with van der Waals surface area (Å²) in [7, 11) is 0. The molecule has 0 saturated carbocycles. The van der Waals surface area contributed by atoms with Gasteiger partial charge in [-0.2, -0.15) is 5.26 Å². The molecule has 0 aliphatic heterocycles. The first-order valence-corrected chi connectivity index (χ1v) is 11.2. The Morgan fingerprint density at radius 1 is 1.06 bits per heavy atom. The number of amides is 1.